The van der Waals surface area contributed by atoms with Crippen molar-refractivity contribution in [3.05, 3.63) is 54.0 Å². The zero-order valence-electron chi connectivity index (χ0n) is 17.4. The van der Waals surface area contributed by atoms with Crippen molar-refractivity contribution in [2.24, 2.45) is 0 Å². The maximum absolute atomic E-state index is 11.9. The van der Waals surface area contributed by atoms with Crippen LogP contribution in [0.4, 0.5) is 10.6 Å². The predicted molar refractivity (Wildman–Crippen MR) is 119 cm³/mol. The summed E-state index contributed by atoms with van der Waals surface area (Å²) in [5.74, 6) is 0.530. The number of nitrogens with zero attached hydrogens (tertiary/aromatic N) is 3. The second-order valence-electron chi connectivity index (χ2n) is 7.45. The van der Waals surface area contributed by atoms with Crippen LogP contribution in [0.2, 0.25) is 0 Å². The molecule has 3 heterocycles. The third-order valence-electron chi connectivity index (χ3n) is 5.31. The number of carbonyl (C=O) groups excluding carboxylic acids is 1. The summed E-state index contributed by atoms with van der Waals surface area (Å²) in [4.78, 5) is 23.3. The molecule has 0 aliphatic carbocycles. The topological polar surface area (TPSA) is 79.4 Å². The first-order valence-corrected chi connectivity index (χ1v) is 10.3. The van der Waals surface area contributed by atoms with E-state index in [4.69, 9.17) is 4.74 Å². The number of ether oxygens (including phenoxy) is 1. The Morgan fingerprint density at radius 2 is 1.97 bits per heavy atom. The van der Waals surface area contributed by atoms with E-state index >= 15 is 0 Å². The largest absolute Gasteiger partial charge is 0.379 e. The number of aryl methyl sites for hydroxylation is 1. The molecule has 2 aromatic heterocycles. The Labute approximate surface area is 176 Å². The predicted octanol–water partition coefficient (Wildman–Crippen LogP) is 3.58. The monoisotopic (exact) mass is 405 g/mol. The van der Waals surface area contributed by atoms with Gasteiger partial charge in [0, 0.05) is 44.0 Å². The molecule has 156 valence electrons. The Bertz CT molecular complexity index is 1050. The van der Waals surface area contributed by atoms with E-state index in [2.05, 4.69) is 50.6 Å². The molecular formula is C23H27N5O2. The number of benzene rings is 1. The molecule has 7 heteroatoms. The van der Waals surface area contributed by atoms with Crippen LogP contribution in [0.3, 0.4) is 0 Å². The normalized spacial score (nSPS) is 14.6. The van der Waals surface area contributed by atoms with Crippen molar-refractivity contribution in [1.82, 2.24) is 20.2 Å². The Balaban J connectivity index is 1.68. The number of amides is 2. The first-order chi connectivity index (χ1) is 14.6. The fraction of sp³-hybridized carbons (Fsp3) is 0.348. The zero-order chi connectivity index (χ0) is 20.9. The van der Waals surface area contributed by atoms with E-state index in [-0.39, 0.29) is 6.03 Å². The van der Waals surface area contributed by atoms with Crippen molar-refractivity contribution in [1.29, 1.82) is 0 Å². The molecule has 1 aliphatic heterocycles. The van der Waals surface area contributed by atoms with Gasteiger partial charge >= 0.3 is 6.03 Å². The lowest BCUT2D eigenvalue weighted by Gasteiger charge is -2.26. The summed E-state index contributed by atoms with van der Waals surface area (Å²) in [6, 6.07) is 10.1. The SMILES string of the molecule is CCNC(=O)Nc1cc2c(-c3ccnc(CN4CCOCC4)c3)ccc(C)c2cn1. The van der Waals surface area contributed by atoms with Gasteiger partial charge in [-0.15, -0.1) is 0 Å². The number of fused-ring (bicyclic) bond motifs is 1. The number of morpholine rings is 1. The second kappa shape index (κ2) is 9.19. The van der Waals surface area contributed by atoms with E-state index in [1.165, 1.54) is 0 Å². The molecule has 4 rings (SSSR count). The molecule has 0 saturated carbocycles. The maximum Gasteiger partial charge on any atom is 0.320 e. The summed E-state index contributed by atoms with van der Waals surface area (Å²) in [5, 5.41) is 7.67. The van der Waals surface area contributed by atoms with E-state index < -0.39 is 0 Å². The molecule has 0 spiro atoms. The van der Waals surface area contributed by atoms with Gasteiger partial charge in [-0.3, -0.25) is 15.2 Å². The van der Waals surface area contributed by atoms with E-state index in [1.54, 1.807) is 0 Å². The molecule has 7 nitrogen and oxygen atoms in total. The van der Waals surface area contributed by atoms with Crippen LogP contribution in [-0.2, 0) is 11.3 Å². The number of hydrogen-bond acceptors (Lipinski definition) is 5. The summed E-state index contributed by atoms with van der Waals surface area (Å²) in [5.41, 5.74) is 4.39. The average Bonchev–Trinajstić information content (AvgIpc) is 2.75. The van der Waals surface area contributed by atoms with Crippen LogP contribution in [0.25, 0.3) is 21.9 Å². The first-order valence-electron chi connectivity index (χ1n) is 10.3. The molecule has 0 radical (unpaired) electrons. The Kier molecular flexibility index (Phi) is 6.21. The Hall–Kier alpha value is -3.03. The van der Waals surface area contributed by atoms with Gasteiger partial charge in [-0.25, -0.2) is 9.78 Å². The lowest BCUT2D eigenvalue weighted by atomic mass is 9.96. The average molecular weight is 406 g/mol. The third-order valence-corrected chi connectivity index (χ3v) is 5.31. The number of anilines is 1. The van der Waals surface area contributed by atoms with E-state index in [0.717, 1.165) is 66.0 Å². The summed E-state index contributed by atoms with van der Waals surface area (Å²) in [7, 11) is 0. The van der Waals surface area contributed by atoms with Crippen LogP contribution >= 0.6 is 0 Å². The molecule has 0 bridgehead atoms. The van der Waals surface area contributed by atoms with Gasteiger partial charge in [0.25, 0.3) is 0 Å². The smallest absolute Gasteiger partial charge is 0.320 e. The van der Waals surface area contributed by atoms with Crippen LogP contribution in [-0.4, -0.2) is 53.7 Å². The molecule has 30 heavy (non-hydrogen) atoms. The van der Waals surface area contributed by atoms with E-state index in [0.29, 0.717) is 12.4 Å². The molecule has 1 saturated heterocycles. The number of carbonyl (C=O) groups is 1. The number of rotatable bonds is 5. The molecule has 0 atom stereocenters. The van der Waals surface area contributed by atoms with Crippen molar-refractivity contribution in [3.63, 3.8) is 0 Å². The van der Waals surface area contributed by atoms with Gasteiger partial charge in [-0.2, -0.15) is 0 Å². The lowest BCUT2D eigenvalue weighted by molar-refractivity contribution is 0.0336. The highest BCUT2D eigenvalue weighted by molar-refractivity contribution is 6.00. The van der Waals surface area contributed by atoms with Gasteiger partial charge in [-0.1, -0.05) is 12.1 Å². The molecule has 2 amide bonds. The summed E-state index contributed by atoms with van der Waals surface area (Å²) < 4.78 is 5.44. The Morgan fingerprint density at radius 1 is 1.13 bits per heavy atom. The fourth-order valence-electron chi connectivity index (χ4n) is 3.74. The van der Waals surface area contributed by atoms with Crippen LogP contribution in [0.5, 0.6) is 0 Å². The second-order valence-corrected chi connectivity index (χ2v) is 7.45. The van der Waals surface area contributed by atoms with Gasteiger partial charge in [0.2, 0.25) is 0 Å². The van der Waals surface area contributed by atoms with Crippen LogP contribution in [0, 0.1) is 6.92 Å². The van der Waals surface area contributed by atoms with Crippen molar-refractivity contribution in [3.8, 4) is 11.1 Å². The van der Waals surface area contributed by atoms with Gasteiger partial charge in [0.15, 0.2) is 0 Å². The van der Waals surface area contributed by atoms with Crippen molar-refractivity contribution < 1.29 is 9.53 Å². The molecule has 0 unspecified atom stereocenters. The van der Waals surface area contributed by atoms with Gasteiger partial charge < -0.3 is 10.1 Å². The Morgan fingerprint density at radius 3 is 2.77 bits per heavy atom. The molecule has 3 aromatic rings. The number of pyridine rings is 2. The van der Waals surface area contributed by atoms with Crippen molar-refractivity contribution >= 4 is 22.6 Å². The lowest BCUT2D eigenvalue weighted by Crippen LogP contribution is -2.35. The van der Waals surface area contributed by atoms with Gasteiger partial charge in [0.05, 0.1) is 18.9 Å². The minimum atomic E-state index is -0.254. The highest BCUT2D eigenvalue weighted by atomic mass is 16.5. The highest BCUT2D eigenvalue weighted by Gasteiger charge is 2.13. The van der Waals surface area contributed by atoms with Crippen LogP contribution < -0.4 is 10.6 Å². The molecular weight excluding hydrogens is 378 g/mol. The summed E-state index contributed by atoms with van der Waals surface area (Å²) >= 11 is 0. The molecule has 1 fully saturated rings. The zero-order valence-corrected chi connectivity index (χ0v) is 17.4. The van der Waals surface area contributed by atoms with Gasteiger partial charge in [0.1, 0.15) is 5.82 Å². The van der Waals surface area contributed by atoms with E-state index in [1.807, 2.05) is 31.5 Å². The molecule has 1 aromatic carbocycles. The first kappa shape index (κ1) is 20.3. The quantitative estimate of drug-likeness (QED) is 0.678. The summed E-state index contributed by atoms with van der Waals surface area (Å²) in [6.07, 6.45) is 3.69. The summed E-state index contributed by atoms with van der Waals surface area (Å²) in [6.45, 7) is 8.74. The number of urea groups is 1. The maximum atomic E-state index is 11.9. The van der Waals surface area contributed by atoms with Crippen molar-refractivity contribution in [2.75, 3.05) is 38.2 Å². The van der Waals surface area contributed by atoms with Crippen LogP contribution in [0.15, 0.2) is 42.7 Å². The highest BCUT2D eigenvalue weighted by Crippen LogP contribution is 2.32. The standard InChI is InChI=1S/C23H27N5O2/c1-3-24-23(29)27-22-13-20-19(5-4-16(2)21(20)14-26-22)17-6-7-25-18(12-17)15-28-8-10-30-11-9-28/h4-7,12-14H,3,8-11,15H2,1-2H3,(H2,24,26,27,29). The fourth-order valence-corrected chi connectivity index (χ4v) is 3.74. The minimum Gasteiger partial charge on any atom is -0.379 e. The number of hydrogen-bond donors (Lipinski definition) is 2. The number of nitrogens with one attached hydrogen (secondary N) is 2. The third kappa shape index (κ3) is 4.58. The van der Waals surface area contributed by atoms with Crippen LogP contribution in [0.1, 0.15) is 18.2 Å². The number of aromatic nitrogens is 2. The van der Waals surface area contributed by atoms with Gasteiger partial charge in [-0.05, 0) is 54.1 Å². The van der Waals surface area contributed by atoms with E-state index in [9.17, 15) is 4.79 Å². The molecule has 1 aliphatic rings. The van der Waals surface area contributed by atoms with Crippen molar-refractivity contribution in [2.45, 2.75) is 20.4 Å². The molecule has 2 N–H and O–H groups in total. The minimum absolute atomic E-state index is 0.254.